The molecule has 150 valence electrons. The first-order valence-electron chi connectivity index (χ1n) is 9.70. The quantitative estimate of drug-likeness (QED) is 0.697. The van der Waals surface area contributed by atoms with Crippen LogP contribution in [0.1, 0.15) is 5.56 Å². The highest BCUT2D eigenvalue weighted by molar-refractivity contribution is 5.79. The number of fused-ring (bicyclic) bond motifs is 2. The van der Waals surface area contributed by atoms with Crippen LogP contribution in [0.4, 0.5) is 5.95 Å². The minimum absolute atomic E-state index is 0.0133. The highest BCUT2D eigenvalue weighted by Gasteiger charge is 2.37. The maximum absolute atomic E-state index is 11.0. The summed E-state index contributed by atoms with van der Waals surface area (Å²) in [6, 6.07) is 12.8. The zero-order valence-electron chi connectivity index (χ0n) is 16.2. The highest BCUT2D eigenvalue weighted by atomic mass is 16.7. The van der Waals surface area contributed by atoms with Crippen LogP contribution in [-0.4, -0.2) is 64.8 Å². The number of rotatable bonds is 3. The van der Waals surface area contributed by atoms with Crippen molar-refractivity contribution in [1.29, 1.82) is 0 Å². The van der Waals surface area contributed by atoms with E-state index in [1.807, 2.05) is 36.4 Å². The van der Waals surface area contributed by atoms with Gasteiger partial charge >= 0.3 is 0 Å². The van der Waals surface area contributed by atoms with E-state index >= 15 is 0 Å². The normalized spacial score (nSPS) is 22.6. The van der Waals surface area contributed by atoms with Crippen LogP contribution in [-0.2, 0) is 5.79 Å². The van der Waals surface area contributed by atoms with Gasteiger partial charge in [0.05, 0.1) is 5.52 Å². The van der Waals surface area contributed by atoms with Gasteiger partial charge in [0.25, 0.3) is 5.79 Å². The van der Waals surface area contributed by atoms with Gasteiger partial charge in [0.2, 0.25) is 5.95 Å². The van der Waals surface area contributed by atoms with Crippen molar-refractivity contribution >= 4 is 16.9 Å². The molecule has 0 aliphatic carbocycles. The van der Waals surface area contributed by atoms with Crippen molar-refractivity contribution in [3.8, 4) is 11.5 Å². The van der Waals surface area contributed by atoms with Gasteiger partial charge in [-0.1, -0.05) is 18.2 Å². The number of piperazine rings is 1. The molecule has 0 saturated carbocycles. The van der Waals surface area contributed by atoms with Crippen LogP contribution < -0.4 is 14.9 Å². The Morgan fingerprint density at radius 3 is 2.69 bits per heavy atom. The van der Waals surface area contributed by atoms with Gasteiger partial charge < -0.3 is 19.5 Å². The van der Waals surface area contributed by atoms with E-state index in [0.29, 0.717) is 23.0 Å². The Kier molecular flexibility index (Phi) is 4.46. The average Bonchev–Trinajstić information content (AvgIpc) is 2.75. The molecule has 1 unspecified atom stereocenters. The van der Waals surface area contributed by atoms with Crippen LogP contribution >= 0.6 is 0 Å². The minimum atomic E-state index is -1.56. The van der Waals surface area contributed by atoms with Crippen LogP contribution in [0, 0.1) is 0 Å². The molecule has 0 amide bonds. The van der Waals surface area contributed by atoms with Crippen LogP contribution in [0.5, 0.6) is 11.5 Å². The number of hydrogen-bond acceptors (Lipinski definition) is 8. The lowest BCUT2D eigenvalue weighted by Gasteiger charge is -2.34. The Morgan fingerprint density at radius 2 is 1.86 bits per heavy atom. The lowest BCUT2D eigenvalue weighted by molar-refractivity contribution is -0.182. The molecule has 5 rings (SSSR count). The third-order valence-electron chi connectivity index (χ3n) is 5.34. The number of benzene rings is 2. The van der Waals surface area contributed by atoms with Gasteiger partial charge in [-0.3, -0.25) is 5.43 Å². The van der Waals surface area contributed by atoms with Gasteiger partial charge in [0.15, 0.2) is 18.1 Å². The number of hydrogen-bond donors (Lipinski definition) is 2. The number of likely N-dealkylation sites (N-methyl/N-ethyl adjacent to an activating group) is 1. The molecule has 0 spiro atoms. The molecule has 0 bridgehead atoms. The Bertz CT molecular complexity index is 1040. The van der Waals surface area contributed by atoms with Crippen LogP contribution in [0.3, 0.4) is 0 Å². The van der Waals surface area contributed by atoms with E-state index in [9.17, 15) is 5.11 Å². The monoisotopic (exact) mass is 393 g/mol. The van der Waals surface area contributed by atoms with Crippen molar-refractivity contribution in [1.82, 2.24) is 19.9 Å². The van der Waals surface area contributed by atoms with E-state index in [-0.39, 0.29) is 6.61 Å². The van der Waals surface area contributed by atoms with Gasteiger partial charge in [-0.2, -0.15) is 0 Å². The van der Waals surface area contributed by atoms with E-state index in [4.69, 9.17) is 9.47 Å². The van der Waals surface area contributed by atoms with Crippen molar-refractivity contribution in [2.24, 2.45) is 0 Å². The van der Waals surface area contributed by atoms with E-state index in [1.165, 1.54) is 0 Å². The number of hydrazine groups is 1. The number of anilines is 1. The zero-order valence-corrected chi connectivity index (χ0v) is 16.2. The van der Waals surface area contributed by atoms with Gasteiger partial charge in [-0.15, -0.1) is 0 Å². The Labute approximate surface area is 168 Å². The summed E-state index contributed by atoms with van der Waals surface area (Å²) in [5.41, 5.74) is 4.67. The first kappa shape index (κ1) is 18.1. The molecule has 1 aromatic heterocycles. The molecule has 8 nitrogen and oxygen atoms in total. The molecule has 2 aromatic carbocycles. The number of nitrogens with one attached hydrogen (secondary N) is 1. The molecule has 0 radical (unpaired) electrons. The van der Waals surface area contributed by atoms with Gasteiger partial charge in [-0.05, 0) is 31.3 Å². The lowest BCUT2D eigenvalue weighted by Crippen LogP contribution is -2.47. The third kappa shape index (κ3) is 3.57. The molecule has 29 heavy (non-hydrogen) atoms. The molecule has 2 aliphatic heterocycles. The standard InChI is InChI=1S/C21H23N5O3/c1-25-8-10-26(11-9-25)24-20-22-13-15-12-16(6-7-17(15)23-20)21(27)14-28-18-4-2-3-5-19(18)29-21/h2-7,12-13,27H,8-11,14H2,1H3,(H,22,23,24). The summed E-state index contributed by atoms with van der Waals surface area (Å²) in [5.74, 6) is 0.157. The molecule has 1 saturated heterocycles. The number of aliphatic hydroxyl groups is 1. The van der Waals surface area contributed by atoms with E-state index < -0.39 is 5.79 Å². The maximum atomic E-state index is 11.0. The van der Waals surface area contributed by atoms with Gasteiger partial charge in [-0.25, -0.2) is 15.0 Å². The third-order valence-corrected chi connectivity index (χ3v) is 5.34. The summed E-state index contributed by atoms with van der Waals surface area (Å²) in [7, 11) is 2.12. The second-order valence-corrected chi connectivity index (χ2v) is 7.49. The van der Waals surface area contributed by atoms with Gasteiger partial charge in [0, 0.05) is 43.3 Å². The first-order valence-corrected chi connectivity index (χ1v) is 9.70. The molecule has 3 aromatic rings. The predicted octanol–water partition coefficient (Wildman–Crippen LogP) is 1.82. The van der Waals surface area contributed by atoms with E-state index in [1.54, 1.807) is 12.3 Å². The fourth-order valence-corrected chi connectivity index (χ4v) is 3.57. The predicted molar refractivity (Wildman–Crippen MR) is 109 cm³/mol. The number of nitrogens with zero attached hydrogens (tertiary/aromatic N) is 4. The lowest BCUT2D eigenvalue weighted by atomic mass is 10.0. The summed E-state index contributed by atoms with van der Waals surface area (Å²) in [5, 5.41) is 14.0. The van der Waals surface area contributed by atoms with Crippen molar-refractivity contribution < 1.29 is 14.6 Å². The summed E-state index contributed by atoms with van der Waals surface area (Å²) >= 11 is 0. The van der Waals surface area contributed by atoms with Crippen molar-refractivity contribution in [2.45, 2.75) is 5.79 Å². The number of aromatic nitrogens is 2. The fraction of sp³-hybridized carbons (Fsp3) is 0.333. The topological polar surface area (TPSA) is 83.0 Å². The zero-order chi connectivity index (χ0) is 19.8. The smallest absolute Gasteiger partial charge is 0.269 e. The summed E-state index contributed by atoms with van der Waals surface area (Å²) in [4.78, 5) is 11.3. The van der Waals surface area contributed by atoms with E-state index in [0.717, 1.165) is 37.1 Å². The number of ether oxygens (including phenoxy) is 2. The Hall–Kier alpha value is -2.94. The molecular weight excluding hydrogens is 370 g/mol. The van der Waals surface area contributed by atoms with Crippen LogP contribution in [0.15, 0.2) is 48.7 Å². The average molecular weight is 393 g/mol. The van der Waals surface area contributed by atoms with E-state index in [2.05, 4.69) is 32.4 Å². The minimum Gasteiger partial charge on any atom is -0.482 e. The van der Waals surface area contributed by atoms with Crippen molar-refractivity contribution in [3.05, 3.63) is 54.2 Å². The van der Waals surface area contributed by atoms with Crippen LogP contribution in [0.25, 0.3) is 10.9 Å². The molecule has 1 fully saturated rings. The molecule has 2 aliphatic rings. The number of para-hydroxylation sites is 2. The van der Waals surface area contributed by atoms with Crippen molar-refractivity contribution in [3.63, 3.8) is 0 Å². The second kappa shape index (κ2) is 7.14. The fourth-order valence-electron chi connectivity index (χ4n) is 3.57. The molecule has 8 heteroatoms. The molecule has 3 heterocycles. The van der Waals surface area contributed by atoms with Crippen molar-refractivity contribution in [2.75, 3.05) is 45.3 Å². The summed E-state index contributed by atoms with van der Waals surface area (Å²) in [6.07, 6.45) is 1.76. The Morgan fingerprint density at radius 1 is 1.07 bits per heavy atom. The summed E-state index contributed by atoms with van der Waals surface area (Å²) in [6.45, 7) is 3.87. The summed E-state index contributed by atoms with van der Waals surface area (Å²) < 4.78 is 11.5. The largest absolute Gasteiger partial charge is 0.482 e. The molecule has 2 N–H and O–H groups in total. The second-order valence-electron chi connectivity index (χ2n) is 7.49. The van der Waals surface area contributed by atoms with Crippen LogP contribution in [0.2, 0.25) is 0 Å². The SMILES string of the molecule is CN1CCN(Nc2ncc3cc(C4(O)COc5ccccc5O4)ccc3n2)CC1. The first-order chi connectivity index (χ1) is 14.1. The molecule has 1 atom stereocenters. The Balaban J connectivity index is 1.37. The maximum Gasteiger partial charge on any atom is 0.269 e. The molecular formula is C21H23N5O3. The van der Waals surface area contributed by atoms with Gasteiger partial charge in [0.1, 0.15) is 0 Å². The highest BCUT2D eigenvalue weighted by Crippen LogP contribution is 2.38.